The van der Waals surface area contributed by atoms with Crippen LogP contribution in [0, 0.1) is 12.8 Å². The summed E-state index contributed by atoms with van der Waals surface area (Å²) in [5.41, 5.74) is -0.678. The molecule has 3 nitrogen and oxygen atoms in total. The molecule has 1 aromatic heterocycles. The first-order valence-electron chi connectivity index (χ1n) is 10.5. The highest BCUT2D eigenvalue weighted by atomic mass is 19.4. The average molecular weight is 409 g/mol. The fourth-order valence-electron chi connectivity index (χ4n) is 4.10. The van der Waals surface area contributed by atoms with E-state index in [1.807, 2.05) is 13.0 Å². The molecular weight excluding hydrogens is 379 g/mol. The molecule has 2 heterocycles. The Hall–Kier alpha value is -1.95. The van der Waals surface area contributed by atoms with E-state index in [4.69, 9.17) is 9.15 Å². The lowest BCUT2D eigenvalue weighted by Gasteiger charge is -2.38. The highest BCUT2D eigenvalue weighted by molar-refractivity contribution is 5.30. The number of hydrogen-bond acceptors (Lipinski definition) is 3. The van der Waals surface area contributed by atoms with Gasteiger partial charge in [0.05, 0.1) is 12.2 Å². The van der Waals surface area contributed by atoms with Gasteiger partial charge in [0.15, 0.2) is 0 Å². The second kappa shape index (κ2) is 9.70. The van der Waals surface area contributed by atoms with Gasteiger partial charge in [-0.2, -0.15) is 13.2 Å². The predicted molar refractivity (Wildman–Crippen MR) is 107 cm³/mol. The lowest BCUT2D eigenvalue weighted by Crippen LogP contribution is -2.40. The second-order valence-corrected chi connectivity index (χ2v) is 7.92. The molecule has 1 aliphatic rings. The molecule has 2 atom stereocenters. The quantitative estimate of drug-likeness (QED) is 0.513. The third-order valence-corrected chi connectivity index (χ3v) is 5.69. The molecule has 0 spiro atoms. The van der Waals surface area contributed by atoms with Crippen molar-refractivity contribution in [2.45, 2.75) is 51.6 Å². The van der Waals surface area contributed by atoms with E-state index in [-0.39, 0.29) is 5.75 Å². The molecule has 0 bridgehead atoms. The maximum atomic E-state index is 12.9. The maximum absolute atomic E-state index is 12.9. The molecular formula is C23H30F3NO2. The number of aryl methyl sites for hydroxylation is 1. The number of furan rings is 1. The van der Waals surface area contributed by atoms with Crippen LogP contribution < -0.4 is 4.74 Å². The number of rotatable bonds is 8. The first kappa shape index (κ1) is 21.8. The van der Waals surface area contributed by atoms with Crippen molar-refractivity contribution in [1.29, 1.82) is 0 Å². The minimum absolute atomic E-state index is 0.267. The normalized spacial score (nSPS) is 20.7. The van der Waals surface area contributed by atoms with Crippen molar-refractivity contribution in [2.24, 2.45) is 5.92 Å². The number of halogens is 3. The van der Waals surface area contributed by atoms with E-state index < -0.39 is 11.7 Å². The van der Waals surface area contributed by atoms with E-state index in [0.717, 1.165) is 56.1 Å². The Kier molecular flexibility index (Phi) is 7.28. The Morgan fingerprint density at radius 1 is 1.21 bits per heavy atom. The Labute approximate surface area is 170 Å². The second-order valence-electron chi connectivity index (χ2n) is 7.92. The van der Waals surface area contributed by atoms with E-state index in [1.165, 1.54) is 18.9 Å². The van der Waals surface area contributed by atoms with E-state index in [1.54, 1.807) is 6.07 Å². The molecule has 0 saturated carbocycles. The van der Waals surface area contributed by atoms with Gasteiger partial charge in [0.1, 0.15) is 17.3 Å². The van der Waals surface area contributed by atoms with Crippen LogP contribution in [0.15, 0.2) is 40.8 Å². The minimum Gasteiger partial charge on any atom is -0.494 e. The summed E-state index contributed by atoms with van der Waals surface area (Å²) in [6.07, 6.45) is -0.197. The summed E-state index contributed by atoms with van der Waals surface area (Å²) in [5.74, 6) is 2.88. The standard InChI is InChI=1S/C23H30F3NO2/c1-3-4-12-27-13-10-21(22-9-8-17(2)29-22)18(16-27)11-14-28-20-7-5-6-19(15-20)23(24,25)26/h5-9,15,18,21H,3-4,10-14,16H2,1-2H3. The van der Waals surface area contributed by atoms with E-state index >= 15 is 0 Å². The van der Waals surface area contributed by atoms with Gasteiger partial charge in [-0.1, -0.05) is 19.4 Å². The van der Waals surface area contributed by atoms with Gasteiger partial charge in [0.25, 0.3) is 0 Å². The fraction of sp³-hybridized carbons (Fsp3) is 0.565. The zero-order valence-corrected chi connectivity index (χ0v) is 17.2. The van der Waals surface area contributed by atoms with E-state index in [0.29, 0.717) is 18.4 Å². The molecule has 0 radical (unpaired) electrons. The summed E-state index contributed by atoms with van der Waals surface area (Å²) >= 11 is 0. The van der Waals surface area contributed by atoms with E-state index in [2.05, 4.69) is 17.9 Å². The first-order chi connectivity index (χ1) is 13.9. The molecule has 6 heteroatoms. The van der Waals surface area contributed by atoms with Crippen molar-refractivity contribution >= 4 is 0 Å². The number of ether oxygens (including phenoxy) is 1. The number of piperidine rings is 1. The zero-order valence-electron chi connectivity index (χ0n) is 17.2. The molecule has 3 rings (SSSR count). The van der Waals surface area contributed by atoms with Crippen molar-refractivity contribution in [2.75, 3.05) is 26.2 Å². The molecule has 2 aromatic rings. The Morgan fingerprint density at radius 3 is 2.72 bits per heavy atom. The van der Waals surface area contributed by atoms with Crippen molar-refractivity contribution in [3.8, 4) is 5.75 Å². The number of likely N-dealkylation sites (tertiary alicyclic amines) is 1. The molecule has 0 N–H and O–H groups in total. The highest BCUT2D eigenvalue weighted by Crippen LogP contribution is 2.36. The van der Waals surface area contributed by atoms with Gasteiger partial charge in [-0.3, -0.25) is 0 Å². The highest BCUT2D eigenvalue weighted by Gasteiger charge is 2.32. The predicted octanol–water partition coefficient (Wildman–Crippen LogP) is 6.28. The fourth-order valence-corrected chi connectivity index (χ4v) is 4.10. The van der Waals surface area contributed by atoms with Crippen molar-refractivity contribution in [1.82, 2.24) is 4.90 Å². The van der Waals surface area contributed by atoms with Crippen molar-refractivity contribution in [3.63, 3.8) is 0 Å². The Morgan fingerprint density at radius 2 is 2.03 bits per heavy atom. The van der Waals surface area contributed by atoms with Crippen LogP contribution in [0.5, 0.6) is 5.75 Å². The van der Waals surface area contributed by atoms with Gasteiger partial charge < -0.3 is 14.1 Å². The van der Waals surface area contributed by atoms with Gasteiger partial charge in [-0.15, -0.1) is 0 Å². The molecule has 1 aromatic carbocycles. The van der Waals surface area contributed by atoms with Crippen LogP contribution in [0.3, 0.4) is 0 Å². The molecule has 0 amide bonds. The first-order valence-corrected chi connectivity index (χ1v) is 10.5. The lowest BCUT2D eigenvalue weighted by atomic mass is 9.81. The molecule has 0 aliphatic carbocycles. The molecule has 29 heavy (non-hydrogen) atoms. The minimum atomic E-state index is -4.36. The van der Waals surface area contributed by atoms with Crippen LogP contribution in [0.25, 0.3) is 0 Å². The van der Waals surface area contributed by atoms with Crippen LogP contribution in [-0.2, 0) is 6.18 Å². The van der Waals surface area contributed by atoms with Gasteiger partial charge in [0, 0.05) is 12.5 Å². The maximum Gasteiger partial charge on any atom is 0.416 e. The summed E-state index contributed by atoms with van der Waals surface area (Å²) in [6.45, 7) is 7.64. The van der Waals surface area contributed by atoms with E-state index in [9.17, 15) is 13.2 Å². The topological polar surface area (TPSA) is 25.6 Å². The van der Waals surface area contributed by atoms with Crippen LogP contribution in [-0.4, -0.2) is 31.1 Å². The number of hydrogen-bond donors (Lipinski definition) is 0. The summed E-state index contributed by atoms with van der Waals surface area (Å²) in [6, 6.07) is 9.16. The van der Waals surface area contributed by atoms with Gasteiger partial charge in [-0.25, -0.2) is 0 Å². The van der Waals surface area contributed by atoms with Crippen LogP contribution in [0.2, 0.25) is 0 Å². The van der Waals surface area contributed by atoms with Gasteiger partial charge in [0.2, 0.25) is 0 Å². The van der Waals surface area contributed by atoms with Gasteiger partial charge in [-0.05, 0) is 75.5 Å². The van der Waals surface area contributed by atoms with Crippen molar-refractivity contribution in [3.05, 3.63) is 53.5 Å². The van der Waals surface area contributed by atoms with Crippen LogP contribution in [0.1, 0.15) is 55.6 Å². The van der Waals surface area contributed by atoms with Gasteiger partial charge >= 0.3 is 6.18 Å². The molecule has 2 unspecified atom stereocenters. The summed E-state index contributed by atoms with van der Waals surface area (Å²) in [7, 11) is 0. The summed E-state index contributed by atoms with van der Waals surface area (Å²) < 4.78 is 50.3. The molecule has 1 aliphatic heterocycles. The Bertz CT molecular complexity index is 771. The summed E-state index contributed by atoms with van der Waals surface area (Å²) in [5, 5.41) is 0. The summed E-state index contributed by atoms with van der Waals surface area (Å²) in [4.78, 5) is 2.49. The number of nitrogens with zero attached hydrogens (tertiary/aromatic N) is 1. The number of alkyl halides is 3. The molecule has 1 saturated heterocycles. The smallest absolute Gasteiger partial charge is 0.416 e. The SMILES string of the molecule is CCCCN1CCC(c2ccc(C)o2)C(CCOc2cccc(C(F)(F)F)c2)C1. The average Bonchev–Trinajstić information content (AvgIpc) is 3.12. The molecule has 160 valence electrons. The lowest BCUT2D eigenvalue weighted by molar-refractivity contribution is -0.137. The number of benzene rings is 1. The third kappa shape index (κ3) is 6.01. The molecule has 1 fully saturated rings. The third-order valence-electron chi connectivity index (χ3n) is 5.69. The Balaban J connectivity index is 1.63. The monoisotopic (exact) mass is 409 g/mol. The van der Waals surface area contributed by atoms with Crippen LogP contribution >= 0.6 is 0 Å². The van der Waals surface area contributed by atoms with Crippen LogP contribution in [0.4, 0.5) is 13.2 Å². The van der Waals surface area contributed by atoms with Crippen molar-refractivity contribution < 1.29 is 22.3 Å². The zero-order chi connectivity index (χ0) is 20.9. The number of unbranched alkanes of at least 4 members (excludes halogenated alkanes) is 1. The largest absolute Gasteiger partial charge is 0.494 e.